The molecule has 0 spiro atoms. The highest BCUT2D eigenvalue weighted by Crippen LogP contribution is 2.32. The van der Waals surface area contributed by atoms with Gasteiger partial charge in [0.05, 0.1) is 5.92 Å². The van der Waals surface area contributed by atoms with E-state index in [1.54, 1.807) is 0 Å². The van der Waals surface area contributed by atoms with E-state index in [4.69, 9.17) is 0 Å². The molecule has 1 aromatic carbocycles. The number of carbonyl (C=O) groups is 2. The number of hydrogen-bond acceptors (Lipinski definition) is 3. The Hall–Kier alpha value is -1.88. The van der Waals surface area contributed by atoms with E-state index in [1.807, 2.05) is 0 Å². The average Bonchev–Trinajstić information content (AvgIpc) is 3.59. The molecule has 1 N–H and O–H groups in total. The molecule has 5 nitrogen and oxygen atoms in total. The Morgan fingerprint density at radius 2 is 1.76 bits per heavy atom. The summed E-state index contributed by atoms with van der Waals surface area (Å²) in [6.45, 7) is 8.53. The summed E-state index contributed by atoms with van der Waals surface area (Å²) < 4.78 is 0. The van der Waals surface area contributed by atoms with E-state index in [0.29, 0.717) is 24.4 Å². The fraction of sp³-hybridized carbons (Fsp3) is 0.667. The van der Waals surface area contributed by atoms with Crippen molar-refractivity contribution in [3.63, 3.8) is 0 Å². The van der Waals surface area contributed by atoms with Gasteiger partial charge in [0.25, 0.3) is 0 Å². The summed E-state index contributed by atoms with van der Waals surface area (Å²) in [4.78, 5) is 29.7. The van der Waals surface area contributed by atoms with Gasteiger partial charge in [-0.15, -0.1) is 0 Å². The van der Waals surface area contributed by atoms with Gasteiger partial charge in [0.2, 0.25) is 11.8 Å². The molecule has 0 bridgehead atoms. The molecule has 1 atom stereocenters. The van der Waals surface area contributed by atoms with Crippen molar-refractivity contribution < 1.29 is 9.59 Å². The molecule has 1 aromatic rings. The molecule has 0 unspecified atom stereocenters. The van der Waals surface area contributed by atoms with Crippen LogP contribution in [-0.2, 0) is 16.1 Å². The highest BCUT2D eigenvalue weighted by Gasteiger charge is 2.37. The zero-order valence-corrected chi connectivity index (χ0v) is 18.0. The lowest BCUT2D eigenvalue weighted by Crippen LogP contribution is -2.51. The molecule has 2 saturated heterocycles. The number of carbonyl (C=O) groups excluding carboxylic acids is 2. The van der Waals surface area contributed by atoms with Gasteiger partial charge in [0.1, 0.15) is 0 Å². The first-order chi connectivity index (χ1) is 14.0. The molecule has 5 heteroatoms. The molecule has 29 heavy (non-hydrogen) atoms. The third kappa shape index (κ3) is 5.00. The van der Waals surface area contributed by atoms with Crippen LogP contribution < -0.4 is 5.32 Å². The molecule has 3 aliphatic rings. The maximum atomic E-state index is 12.8. The van der Waals surface area contributed by atoms with Gasteiger partial charge in [0.15, 0.2) is 0 Å². The van der Waals surface area contributed by atoms with Crippen molar-refractivity contribution >= 4 is 11.8 Å². The van der Waals surface area contributed by atoms with Crippen molar-refractivity contribution in [1.29, 1.82) is 0 Å². The zero-order valence-electron chi connectivity index (χ0n) is 18.0. The lowest BCUT2D eigenvalue weighted by molar-refractivity contribution is -0.134. The predicted octanol–water partition coefficient (Wildman–Crippen LogP) is 3.03. The number of nitrogens with zero attached hydrogens (tertiary/aromatic N) is 2. The Morgan fingerprint density at radius 3 is 2.48 bits per heavy atom. The van der Waals surface area contributed by atoms with E-state index >= 15 is 0 Å². The van der Waals surface area contributed by atoms with Crippen LogP contribution in [0.5, 0.6) is 0 Å². The monoisotopic (exact) mass is 397 g/mol. The standard InChI is InChI=1S/C24H35N3O2/c1-17-5-6-18(2)21(14-17)15-25-23(28)20-4-3-11-27(16-20)22-9-12-26(13-10-22)24(29)19-7-8-19/h5-6,14,19-20,22H,3-4,7-13,15-16H2,1-2H3,(H,25,28)/t20-/m1/s1. The van der Waals surface area contributed by atoms with Crippen molar-refractivity contribution in [1.82, 2.24) is 15.1 Å². The molecule has 4 rings (SSSR count). The maximum Gasteiger partial charge on any atom is 0.225 e. The summed E-state index contributed by atoms with van der Waals surface area (Å²) in [5.74, 6) is 0.981. The first-order valence-corrected chi connectivity index (χ1v) is 11.4. The number of nitrogens with one attached hydrogen (secondary N) is 1. The third-order valence-corrected chi connectivity index (χ3v) is 7.00. The molecule has 158 valence electrons. The van der Waals surface area contributed by atoms with Crippen molar-refractivity contribution in [3.05, 3.63) is 34.9 Å². The molecule has 2 amide bonds. The number of benzene rings is 1. The van der Waals surface area contributed by atoms with Gasteiger partial charge < -0.3 is 10.2 Å². The van der Waals surface area contributed by atoms with Gasteiger partial charge >= 0.3 is 0 Å². The third-order valence-electron chi connectivity index (χ3n) is 7.00. The number of piperidine rings is 2. The van der Waals surface area contributed by atoms with Crippen LogP contribution in [0, 0.1) is 25.7 Å². The quantitative estimate of drug-likeness (QED) is 0.831. The highest BCUT2D eigenvalue weighted by molar-refractivity contribution is 5.81. The van der Waals surface area contributed by atoms with Crippen LogP contribution in [0.25, 0.3) is 0 Å². The SMILES string of the molecule is Cc1ccc(C)c(CNC(=O)[C@@H]2CCCN(C3CCN(C(=O)C4CC4)CC3)C2)c1. The summed E-state index contributed by atoms with van der Waals surface area (Å²) in [5, 5.41) is 3.18. The second kappa shape index (κ2) is 8.86. The van der Waals surface area contributed by atoms with Gasteiger partial charge in [-0.3, -0.25) is 14.5 Å². The summed E-state index contributed by atoms with van der Waals surface area (Å²) >= 11 is 0. The van der Waals surface area contributed by atoms with E-state index < -0.39 is 0 Å². The Bertz CT molecular complexity index is 750. The molecule has 3 fully saturated rings. The van der Waals surface area contributed by atoms with Crippen LogP contribution >= 0.6 is 0 Å². The van der Waals surface area contributed by atoms with Crippen molar-refractivity contribution in [2.24, 2.45) is 11.8 Å². The Morgan fingerprint density at radius 1 is 1.00 bits per heavy atom. The summed E-state index contributed by atoms with van der Waals surface area (Å²) in [5.41, 5.74) is 3.67. The normalized spacial score (nSPS) is 23.8. The zero-order chi connectivity index (χ0) is 20.4. The number of aryl methyl sites for hydroxylation is 2. The molecule has 0 radical (unpaired) electrons. The average molecular weight is 398 g/mol. The van der Waals surface area contributed by atoms with Crippen LogP contribution in [0.15, 0.2) is 18.2 Å². The topological polar surface area (TPSA) is 52.7 Å². The Kier molecular flexibility index (Phi) is 6.23. The smallest absolute Gasteiger partial charge is 0.225 e. The summed E-state index contributed by atoms with van der Waals surface area (Å²) in [6.07, 6.45) is 6.34. The van der Waals surface area contributed by atoms with Gasteiger partial charge in [-0.25, -0.2) is 0 Å². The molecule has 0 aromatic heterocycles. The van der Waals surface area contributed by atoms with Gasteiger partial charge in [0, 0.05) is 38.1 Å². The minimum absolute atomic E-state index is 0.0833. The molecule has 1 saturated carbocycles. The molecule has 2 heterocycles. The first kappa shape index (κ1) is 20.4. The lowest BCUT2D eigenvalue weighted by Gasteiger charge is -2.42. The van der Waals surface area contributed by atoms with Gasteiger partial charge in [-0.05, 0) is 70.0 Å². The molecule has 1 aliphatic carbocycles. The van der Waals surface area contributed by atoms with Crippen molar-refractivity contribution in [2.75, 3.05) is 26.2 Å². The second-order valence-electron chi connectivity index (χ2n) is 9.31. The number of rotatable bonds is 5. The predicted molar refractivity (Wildman–Crippen MR) is 114 cm³/mol. The molecular weight excluding hydrogens is 362 g/mol. The molecular formula is C24H35N3O2. The number of hydrogen-bond donors (Lipinski definition) is 1. The van der Waals surface area contributed by atoms with Crippen LogP contribution in [0.2, 0.25) is 0 Å². The molecule has 2 aliphatic heterocycles. The first-order valence-electron chi connectivity index (χ1n) is 11.4. The minimum atomic E-state index is 0.0833. The van der Waals surface area contributed by atoms with Crippen LogP contribution in [-0.4, -0.2) is 53.8 Å². The van der Waals surface area contributed by atoms with Gasteiger partial charge in [-0.1, -0.05) is 23.8 Å². The van der Waals surface area contributed by atoms with Crippen LogP contribution in [0.3, 0.4) is 0 Å². The van der Waals surface area contributed by atoms with Crippen molar-refractivity contribution in [2.45, 2.75) is 65.0 Å². The lowest BCUT2D eigenvalue weighted by atomic mass is 9.93. The van der Waals surface area contributed by atoms with E-state index in [0.717, 1.165) is 64.7 Å². The minimum Gasteiger partial charge on any atom is -0.352 e. The maximum absolute atomic E-state index is 12.8. The Balaban J connectivity index is 1.26. The van der Waals surface area contributed by atoms with Gasteiger partial charge in [-0.2, -0.15) is 0 Å². The highest BCUT2D eigenvalue weighted by atomic mass is 16.2. The fourth-order valence-electron chi connectivity index (χ4n) is 4.91. The largest absolute Gasteiger partial charge is 0.352 e. The summed E-state index contributed by atoms with van der Waals surface area (Å²) in [6, 6.07) is 6.93. The summed E-state index contributed by atoms with van der Waals surface area (Å²) in [7, 11) is 0. The van der Waals surface area contributed by atoms with E-state index in [1.165, 1.54) is 16.7 Å². The Labute approximate surface area is 174 Å². The van der Waals surface area contributed by atoms with E-state index in [9.17, 15) is 9.59 Å². The van der Waals surface area contributed by atoms with Crippen LogP contribution in [0.1, 0.15) is 55.2 Å². The number of likely N-dealkylation sites (tertiary alicyclic amines) is 2. The second-order valence-corrected chi connectivity index (χ2v) is 9.31. The fourth-order valence-corrected chi connectivity index (χ4v) is 4.91. The van der Waals surface area contributed by atoms with E-state index in [2.05, 4.69) is 47.2 Å². The van der Waals surface area contributed by atoms with Crippen LogP contribution in [0.4, 0.5) is 0 Å². The van der Waals surface area contributed by atoms with Crippen molar-refractivity contribution in [3.8, 4) is 0 Å². The van der Waals surface area contributed by atoms with E-state index in [-0.39, 0.29) is 11.8 Å². The number of amides is 2.